The lowest BCUT2D eigenvalue weighted by atomic mass is 9.92. The zero-order valence-electron chi connectivity index (χ0n) is 16.1. The Hall–Kier alpha value is -2.41. The average Bonchev–Trinajstić information content (AvgIpc) is 3.12. The molecule has 2 aromatic rings. The van der Waals surface area contributed by atoms with Gasteiger partial charge in [0, 0.05) is 36.7 Å². The number of likely N-dealkylation sites (tertiary alicyclic amines) is 1. The highest BCUT2D eigenvalue weighted by molar-refractivity contribution is 5.94. The van der Waals surface area contributed by atoms with E-state index >= 15 is 0 Å². The second-order valence-corrected chi connectivity index (χ2v) is 7.45. The normalized spacial score (nSPS) is 23.1. The van der Waals surface area contributed by atoms with Crippen LogP contribution in [0.15, 0.2) is 18.3 Å². The Morgan fingerprint density at radius 1 is 1.30 bits per heavy atom. The van der Waals surface area contributed by atoms with Crippen LogP contribution in [0.3, 0.4) is 0 Å². The zero-order valence-corrected chi connectivity index (χ0v) is 16.1. The number of aromatic nitrogens is 3. The number of ether oxygens (including phenoxy) is 2. The topological polar surface area (TPSA) is 80.3 Å². The van der Waals surface area contributed by atoms with Gasteiger partial charge in [0.05, 0.1) is 31.2 Å². The van der Waals surface area contributed by atoms with Gasteiger partial charge in [-0.25, -0.2) is 0 Å². The third kappa shape index (κ3) is 3.43. The van der Waals surface area contributed by atoms with Gasteiger partial charge < -0.3 is 14.4 Å². The van der Waals surface area contributed by atoms with E-state index in [2.05, 4.69) is 15.2 Å². The van der Waals surface area contributed by atoms with Gasteiger partial charge in [-0.05, 0) is 38.8 Å². The maximum Gasteiger partial charge on any atom is 0.274 e. The molecule has 2 atom stereocenters. The summed E-state index contributed by atoms with van der Waals surface area (Å²) in [5.74, 6) is 1.17. The minimum atomic E-state index is -0.0512. The fourth-order valence-corrected chi connectivity index (χ4v) is 4.13. The van der Waals surface area contributed by atoms with Crippen molar-refractivity contribution in [3.63, 3.8) is 0 Å². The molecule has 0 aliphatic carbocycles. The van der Waals surface area contributed by atoms with Crippen LogP contribution in [0, 0.1) is 0 Å². The molecule has 1 N–H and O–H groups in total. The zero-order chi connectivity index (χ0) is 19.0. The molecular formula is C20H26N4O3. The molecule has 2 aromatic heterocycles. The molecule has 7 nitrogen and oxygen atoms in total. The summed E-state index contributed by atoms with van der Waals surface area (Å²) in [6.45, 7) is 5.48. The van der Waals surface area contributed by atoms with Crippen LogP contribution >= 0.6 is 0 Å². The molecule has 4 heterocycles. The molecule has 0 bridgehead atoms. The van der Waals surface area contributed by atoms with Gasteiger partial charge in [-0.3, -0.25) is 14.9 Å². The lowest BCUT2D eigenvalue weighted by Crippen LogP contribution is -2.39. The number of pyridine rings is 1. The number of carbonyl (C=O) groups excluding carboxylic acids is 1. The Morgan fingerprint density at radius 2 is 2.07 bits per heavy atom. The Balaban J connectivity index is 1.43. The van der Waals surface area contributed by atoms with Gasteiger partial charge in [0.2, 0.25) is 0 Å². The van der Waals surface area contributed by atoms with E-state index in [9.17, 15) is 4.79 Å². The monoisotopic (exact) mass is 370 g/mol. The van der Waals surface area contributed by atoms with Crippen molar-refractivity contribution >= 4 is 5.91 Å². The van der Waals surface area contributed by atoms with Crippen molar-refractivity contribution in [2.24, 2.45) is 0 Å². The van der Waals surface area contributed by atoms with Crippen molar-refractivity contribution in [3.05, 3.63) is 41.0 Å². The Morgan fingerprint density at radius 3 is 2.74 bits per heavy atom. The van der Waals surface area contributed by atoms with Gasteiger partial charge in [-0.2, -0.15) is 5.10 Å². The molecule has 1 fully saturated rings. The highest BCUT2D eigenvalue weighted by Crippen LogP contribution is 2.32. The van der Waals surface area contributed by atoms with Crippen molar-refractivity contribution in [3.8, 4) is 5.75 Å². The lowest BCUT2D eigenvalue weighted by molar-refractivity contribution is -0.00703. The number of amides is 1. The van der Waals surface area contributed by atoms with E-state index in [-0.39, 0.29) is 18.1 Å². The van der Waals surface area contributed by atoms with Gasteiger partial charge in [0.15, 0.2) is 5.69 Å². The fourth-order valence-electron chi connectivity index (χ4n) is 4.13. The molecule has 1 saturated heterocycles. The molecule has 7 heteroatoms. The number of nitrogens with one attached hydrogen (secondary N) is 1. The molecule has 27 heavy (non-hydrogen) atoms. The molecule has 0 aromatic carbocycles. The predicted molar refractivity (Wildman–Crippen MR) is 99.9 cm³/mol. The second kappa shape index (κ2) is 7.31. The van der Waals surface area contributed by atoms with Crippen LogP contribution < -0.4 is 4.74 Å². The third-order valence-corrected chi connectivity index (χ3v) is 5.63. The summed E-state index contributed by atoms with van der Waals surface area (Å²) in [4.78, 5) is 19.5. The summed E-state index contributed by atoms with van der Waals surface area (Å²) in [6, 6.07) is 3.97. The molecule has 2 aliphatic rings. The average molecular weight is 370 g/mol. The number of H-pyrrole nitrogens is 1. The first kappa shape index (κ1) is 18.0. The number of hydrogen-bond acceptors (Lipinski definition) is 5. The standard InChI is InChI=1S/C20H26N4O3/c1-12-10-16-18(13(2)27-12)22-23-19(16)20(25)24-8-6-14(7-9-24)17-5-4-15(26-3)11-21-17/h4-5,11-14H,6-10H2,1-3H3,(H,22,23)/t12-,13+/m0/s1. The molecule has 0 saturated carbocycles. The minimum Gasteiger partial charge on any atom is -0.495 e. The van der Waals surface area contributed by atoms with E-state index in [1.54, 1.807) is 13.3 Å². The van der Waals surface area contributed by atoms with Gasteiger partial charge in [0.1, 0.15) is 5.75 Å². The van der Waals surface area contributed by atoms with Crippen LogP contribution in [0.1, 0.15) is 66.2 Å². The number of piperidine rings is 1. The Bertz CT molecular complexity index is 809. The number of rotatable bonds is 3. The largest absolute Gasteiger partial charge is 0.495 e. The fraction of sp³-hybridized carbons (Fsp3) is 0.550. The molecule has 0 spiro atoms. The first-order valence-electron chi connectivity index (χ1n) is 9.58. The smallest absolute Gasteiger partial charge is 0.274 e. The lowest BCUT2D eigenvalue weighted by Gasteiger charge is -2.32. The number of methoxy groups -OCH3 is 1. The maximum absolute atomic E-state index is 13.0. The second-order valence-electron chi connectivity index (χ2n) is 7.45. The van der Waals surface area contributed by atoms with Crippen LogP contribution in [0.5, 0.6) is 5.75 Å². The van der Waals surface area contributed by atoms with E-state index < -0.39 is 0 Å². The molecular weight excluding hydrogens is 344 g/mol. The molecule has 0 unspecified atom stereocenters. The van der Waals surface area contributed by atoms with Crippen molar-refractivity contribution in [1.82, 2.24) is 20.1 Å². The Kier molecular flexibility index (Phi) is 4.86. The van der Waals surface area contributed by atoms with Crippen LogP contribution in [0.4, 0.5) is 0 Å². The van der Waals surface area contributed by atoms with Crippen molar-refractivity contribution in [1.29, 1.82) is 0 Å². The molecule has 4 rings (SSSR count). The summed E-state index contributed by atoms with van der Waals surface area (Å²) in [5, 5.41) is 7.35. The minimum absolute atomic E-state index is 0.0231. The van der Waals surface area contributed by atoms with Gasteiger partial charge in [0.25, 0.3) is 5.91 Å². The van der Waals surface area contributed by atoms with E-state index in [1.807, 2.05) is 30.9 Å². The summed E-state index contributed by atoms with van der Waals surface area (Å²) < 4.78 is 11.0. The van der Waals surface area contributed by atoms with Crippen molar-refractivity contribution in [2.75, 3.05) is 20.2 Å². The third-order valence-electron chi connectivity index (χ3n) is 5.63. The van der Waals surface area contributed by atoms with Gasteiger partial charge in [-0.1, -0.05) is 0 Å². The van der Waals surface area contributed by atoms with Crippen LogP contribution in [0.25, 0.3) is 0 Å². The van der Waals surface area contributed by atoms with E-state index in [4.69, 9.17) is 9.47 Å². The summed E-state index contributed by atoms with van der Waals surface area (Å²) in [7, 11) is 1.64. The van der Waals surface area contributed by atoms with Crippen molar-refractivity contribution < 1.29 is 14.3 Å². The highest BCUT2D eigenvalue weighted by atomic mass is 16.5. The highest BCUT2D eigenvalue weighted by Gasteiger charge is 2.33. The Labute approximate surface area is 159 Å². The predicted octanol–water partition coefficient (Wildman–Crippen LogP) is 2.86. The van der Waals surface area contributed by atoms with Crippen molar-refractivity contribution in [2.45, 2.75) is 51.2 Å². The maximum atomic E-state index is 13.0. The first-order chi connectivity index (χ1) is 13.1. The summed E-state index contributed by atoms with van der Waals surface area (Å²) >= 11 is 0. The number of hydrogen-bond donors (Lipinski definition) is 1. The number of nitrogens with zero attached hydrogens (tertiary/aromatic N) is 3. The molecule has 1 amide bonds. The van der Waals surface area contributed by atoms with Gasteiger partial charge >= 0.3 is 0 Å². The van der Waals surface area contributed by atoms with Crippen LogP contribution in [-0.4, -0.2) is 52.3 Å². The van der Waals surface area contributed by atoms with E-state index in [0.29, 0.717) is 11.6 Å². The number of fused-ring (bicyclic) bond motifs is 1. The molecule has 144 valence electrons. The summed E-state index contributed by atoms with van der Waals surface area (Å²) in [6.07, 6.45) is 4.35. The summed E-state index contributed by atoms with van der Waals surface area (Å²) in [5.41, 5.74) is 3.59. The SMILES string of the molecule is COc1ccc(C2CCN(C(=O)c3n[nH]c4c3C[C@H](C)O[C@@H]4C)CC2)nc1. The number of aromatic amines is 1. The molecule has 2 aliphatic heterocycles. The first-order valence-corrected chi connectivity index (χ1v) is 9.58. The van der Waals surface area contributed by atoms with Crippen LogP contribution in [-0.2, 0) is 11.2 Å². The van der Waals surface area contributed by atoms with Gasteiger partial charge in [-0.15, -0.1) is 0 Å². The van der Waals surface area contributed by atoms with Crippen LogP contribution in [0.2, 0.25) is 0 Å². The van der Waals surface area contributed by atoms with E-state index in [1.165, 1.54) is 0 Å². The quantitative estimate of drug-likeness (QED) is 0.899. The number of carbonyl (C=O) groups is 1. The van der Waals surface area contributed by atoms with E-state index in [0.717, 1.165) is 55.1 Å². The molecule has 0 radical (unpaired) electrons.